The molecule has 2 N–H and O–H groups in total. The minimum absolute atomic E-state index is 0.500. The second kappa shape index (κ2) is 7.02. The highest BCUT2D eigenvalue weighted by Gasteiger charge is 2.12. The van der Waals surface area contributed by atoms with E-state index in [0.717, 1.165) is 34.5 Å². The largest absolute Gasteiger partial charge is 0.332 e. The van der Waals surface area contributed by atoms with Crippen molar-refractivity contribution in [3.8, 4) is 11.6 Å². The number of thioether (sulfide) groups is 1. The smallest absolute Gasteiger partial charge is 0.277 e. The lowest BCUT2D eigenvalue weighted by atomic mass is 10.3. The Morgan fingerprint density at radius 2 is 2.26 bits per heavy atom. The molecule has 0 aliphatic carbocycles. The van der Waals surface area contributed by atoms with E-state index in [1.165, 1.54) is 0 Å². The predicted molar refractivity (Wildman–Crippen MR) is 79.2 cm³/mol. The van der Waals surface area contributed by atoms with Crippen LogP contribution in [0.2, 0.25) is 0 Å². The first-order chi connectivity index (χ1) is 9.19. The molecule has 0 aliphatic heterocycles. The lowest BCUT2D eigenvalue weighted by Crippen LogP contribution is -2.01. The molecule has 0 saturated heterocycles. The zero-order valence-corrected chi connectivity index (χ0v) is 12.8. The Bertz CT molecular complexity index is 509. The van der Waals surface area contributed by atoms with E-state index in [2.05, 4.69) is 29.0 Å². The molecule has 19 heavy (non-hydrogen) atoms. The van der Waals surface area contributed by atoms with Crippen molar-refractivity contribution in [2.75, 3.05) is 12.3 Å². The van der Waals surface area contributed by atoms with E-state index in [4.69, 9.17) is 10.3 Å². The molecule has 2 rings (SSSR count). The van der Waals surface area contributed by atoms with Crippen LogP contribution in [-0.4, -0.2) is 27.4 Å². The van der Waals surface area contributed by atoms with Crippen LogP contribution >= 0.6 is 23.1 Å². The van der Waals surface area contributed by atoms with Crippen molar-refractivity contribution in [2.45, 2.75) is 26.0 Å². The van der Waals surface area contributed by atoms with E-state index in [1.807, 2.05) is 17.1 Å². The van der Waals surface area contributed by atoms with Crippen molar-refractivity contribution in [2.24, 2.45) is 11.7 Å². The molecular formula is C12H18N4OS2. The molecule has 0 fully saturated rings. The van der Waals surface area contributed by atoms with Gasteiger partial charge in [0.2, 0.25) is 0 Å². The third-order valence-corrected chi connectivity index (χ3v) is 4.55. The van der Waals surface area contributed by atoms with Gasteiger partial charge < -0.3 is 10.3 Å². The Morgan fingerprint density at radius 3 is 3.00 bits per heavy atom. The maximum atomic E-state index is 5.50. The molecule has 0 radical (unpaired) electrons. The van der Waals surface area contributed by atoms with Gasteiger partial charge in [0, 0.05) is 11.8 Å². The summed E-state index contributed by atoms with van der Waals surface area (Å²) in [4.78, 5) is 8.79. The predicted octanol–water partition coefficient (Wildman–Crippen LogP) is 2.58. The highest BCUT2D eigenvalue weighted by atomic mass is 32.2. The Balaban J connectivity index is 1.95. The SMILES string of the molecule is CC(C)CSCc1noc(-c2csc(CCN)n2)n1. The number of hydrogen-bond acceptors (Lipinski definition) is 7. The fraction of sp³-hybridized carbons (Fsp3) is 0.583. The van der Waals surface area contributed by atoms with Crippen LogP contribution in [0, 0.1) is 5.92 Å². The normalized spacial score (nSPS) is 11.4. The topological polar surface area (TPSA) is 77.8 Å². The van der Waals surface area contributed by atoms with E-state index >= 15 is 0 Å². The van der Waals surface area contributed by atoms with Crippen LogP contribution in [0.5, 0.6) is 0 Å². The van der Waals surface area contributed by atoms with Crippen molar-refractivity contribution in [1.29, 1.82) is 0 Å². The van der Waals surface area contributed by atoms with Gasteiger partial charge in [-0.25, -0.2) is 4.98 Å². The maximum Gasteiger partial charge on any atom is 0.277 e. The molecule has 2 aromatic rings. The molecule has 104 valence electrons. The maximum absolute atomic E-state index is 5.50. The van der Waals surface area contributed by atoms with Gasteiger partial charge in [-0.15, -0.1) is 11.3 Å². The minimum Gasteiger partial charge on any atom is -0.332 e. The van der Waals surface area contributed by atoms with Gasteiger partial charge in [0.1, 0.15) is 5.69 Å². The van der Waals surface area contributed by atoms with Gasteiger partial charge in [0.15, 0.2) is 5.82 Å². The Kier molecular flexibility index (Phi) is 5.35. The molecule has 0 atom stereocenters. The third-order valence-electron chi connectivity index (χ3n) is 2.28. The summed E-state index contributed by atoms with van der Waals surface area (Å²) in [5.74, 6) is 3.78. The van der Waals surface area contributed by atoms with E-state index in [0.29, 0.717) is 18.4 Å². The Hall–Kier alpha value is -0.920. The molecule has 0 bridgehead atoms. The highest BCUT2D eigenvalue weighted by Crippen LogP contribution is 2.21. The van der Waals surface area contributed by atoms with Crippen LogP contribution < -0.4 is 5.73 Å². The lowest BCUT2D eigenvalue weighted by molar-refractivity contribution is 0.424. The molecule has 2 heterocycles. The number of hydrogen-bond donors (Lipinski definition) is 1. The van der Waals surface area contributed by atoms with Crippen LogP contribution in [0.3, 0.4) is 0 Å². The summed E-state index contributed by atoms with van der Waals surface area (Å²) in [6.07, 6.45) is 0.788. The summed E-state index contributed by atoms with van der Waals surface area (Å²) in [5.41, 5.74) is 6.26. The zero-order chi connectivity index (χ0) is 13.7. The average molecular weight is 298 g/mol. The van der Waals surface area contributed by atoms with Crippen LogP contribution in [-0.2, 0) is 12.2 Å². The molecule has 0 unspecified atom stereocenters. The first kappa shape index (κ1) is 14.5. The summed E-state index contributed by atoms with van der Waals surface area (Å²) < 4.78 is 5.24. The highest BCUT2D eigenvalue weighted by molar-refractivity contribution is 7.98. The van der Waals surface area contributed by atoms with Crippen molar-refractivity contribution in [1.82, 2.24) is 15.1 Å². The van der Waals surface area contributed by atoms with E-state index in [1.54, 1.807) is 11.3 Å². The second-order valence-corrected chi connectivity index (χ2v) is 6.56. The van der Waals surface area contributed by atoms with Gasteiger partial charge in [0.25, 0.3) is 5.89 Å². The van der Waals surface area contributed by atoms with Crippen LogP contribution in [0.15, 0.2) is 9.90 Å². The average Bonchev–Trinajstić information content (AvgIpc) is 2.98. The molecule has 0 aliphatic rings. The van der Waals surface area contributed by atoms with E-state index < -0.39 is 0 Å². The van der Waals surface area contributed by atoms with Gasteiger partial charge in [-0.1, -0.05) is 19.0 Å². The molecule has 7 heteroatoms. The fourth-order valence-corrected chi connectivity index (χ4v) is 3.13. The van der Waals surface area contributed by atoms with E-state index in [-0.39, 0.29) is 0 Å². The second-order valence-electron chi connectivity index (χ2n) is 4.59. The molecule has 0 saturated carbocycles. The third kappa shape index (κ3) is 4.29. The van der Waals surface area contributed by atoms with Gasteiger partial charge in [0.05, 0.1) is 10.8 Å². The lowest BCUT2D eigenvalue weighted by Gasteiger charge is -2.00. The number of aromatic nitrogens is 3. The summed E-state index contributed by atoms with van der Waals surface area (Å²) in [6, 6.07) is 0. The number of nitrogens with two attached hydrogens (primary N) is 1. The van der Waals surface area contributed by atoms with E-state index in [9.17, 15) is 0 Å². The Labute approximate surface area is 121 Å². The number of thiazole rings is 1. The number of rotatable bonds is 7. The van der Waals surface area contributed by atoms with Crippen molar-refractivity contribution < 1.29 is 4.52 Å². The first-order valence-corrected chi connectivity index (χ1v) is 8.27. The van der Waals surface area contributed by atoms with Gasteiger partial charge in [-0.3, -0.25) is 0 Å². The van der Waals surface area contributed by atoms with Gasteiger partial charge in [-0.05, 0) is 18.2 Å². The van der Waals surface area contributed by atoms with Crippen LogP contribution in [0.4, 0.5) is 0 Å². The summed E-state index contributed by atoms with van der Waals surface area (Å²) >= 11 is 3.39. The van der Waals surface area contributed by atoms with Crippen molar-refractivity contribution in [3.63, 3.8) is 0 Å². The summed E-state index contributed by atoms with van der Waals surface area (Å²) in [6.45, 7) is 5.00. The molecule has 5 nitrogen and oxygen atoms in total. The van der Waals surface area contributed by atoms with Crippen LogP contribution in [0.1, 0.15) is 24.7 Å². The molecule has 2 aromatic heterocycles. The first-order valence-electron chi connectivity index (χ1n) is 6.24. The Morgan fingerprint density at radius 1 is 1.42 bits per heavy atom. The molecule has 0 spiro atoms. The molecular weight excluding hydrogens is 280 g/mol. The zero-order valence-electron chi connectivity index (χ0n) is 11.1. The van der Waals surface area contributed by atoms with Crippen molar-refractivity contribution in [3.05, 3.63) is 16.2 Å². The standard InChI is InChI=1S/C12H18N4OS2/c1-8(2)5-18-7-10-15-12(17-16-10)9-6-19-11(14-9)3-4-13/h6,8H,3-5,7,13H2,1-2H3. The van der Waals surface area contributed by atoms with Gasteiger partial charge in [-0.2, -0.15) is 16.7 Å². The molecule has 0 aromatic carbocycles. The summed E-state index contributed by atoms with van der Waals surface area (Å²) in [5, 5.41) is 6.92. The van der Waals surface area contributed by atoms with Gasteiger partial charge >= 0.3 is 0 Å². The van der Waals surface area contributed by atoms with Crippen molar-refractivity contribution >= 4 is 23.1 Å². The molecule has 0 amide bonds. The summed E-state index contributed by atoms with van der Waals surface area (Å²) in [7, 11) is 0. The monoisotopic (exact) mass is 298 g/mol. The van der Waals surface area contributed by atoms with Crippen LogP contribution in [0.25, 0.3) is 11.6 Å². The quantitative estimate of drug-likeness (QED) is 0.846. The number of nitrogens with zero attached hydrogens (tertiary/aromatic N) is 3. The minimum atomic E-state index is 0.500. The fourth-order valence-electron chi connectivity index (χ4n) is 1.45.